The molecular formula is C11H10ClFN2O5. The molecule has 1 aromatic rings. The lowest BCUT2D eigenvalue weighted by atomic mass is 10.3. The van der Waals surface area contributed by atoms with Crippen molar-refractivity contribution in [3.63, 3.8) is 0 Å². The van der Waals surface area contributed by atoms with Crippen LogP contribution < -0.4 is 5.32 Å². The Kier molecular flexibility index (Phi) is 5.27. The lowest BCUT2D eigenvalue weighted by Crippen LogP contribution is -2.42. The third kappa shape index (κ3) is 4.39. The fourth-order valence-electron chi connectivity index (χ4n) is 1.32. The first kappa shape index (κ1) is 15.7. The Morgan fingerprint density at radius 3 is 2.25 bits per heavy atom. The Hall–Kier alpha value is -2.35. The summed E-state index contributed by atoms with van der Waals surface area (Å²) in [4.78, 5) is 33.3. The van der Waals surface area contributed by atoms with E-state index in [-0.39, 0.29) is 10.7 Å². The second-order valence-corrected chi connectivity index (χ2v) is 4.08. The van der Waals surface area contributed by atoms with Crippen molar-refractivity contribution >= 4 is 35.3 Å². The predicted molar refractivity (Wildman–Crippen MR) is 67.3 cm³/mol. The maximum atomic E-state index is 13.6. The highest BCUT2D eigenvalue weighted by Gasteiger charge is 2.21. The molecule has 0 bridgehead atoms. The van der Waals surface area contributed by atoms with Gasteiger partial charge in [-0.2, -0.15) is 0 Å². The molecule has 0 aliphatic rings. The molecule has 0 atom stereocenters. The van der Waals surface area contributed by atoms with Gasteiger partial charge in [-0.3, -0.25) is 9.59 Å². The molecule has 108 valence electrons. The number of amides is 2. The minimum Gasteiger partial charge on any atom is -0.480 e. The summed E-state index contributed by atoms with van der Waals surface area (Å²) in [5.41, 5.74) is -0.275. The average molecular weight is 305 g/mol. The SMILES string of the molecule is O=C(O)CN(CC(=O)O)C(=O)Nc1cccc(Cl)c1F. The van der Waals surface area contributed by atoms with Crippen molar-refractivity contribution in [1.29, 1.82) is 0 Å². The van der Waals surface area contributed by atoms with Gasteiger partial charge < -0.3 is 20.4 Å². The number of anilines is 1. The molecule has 0 fully saturated rings. The number of halogens is 2. The van der Waals surface area contributed by atoms with Gasteiger partial charge in [0.2, 0.25) is 0 Å². The van der Waals surface area contributed by atoms with Crippen LogP contribution in [0.25, 0.3) is 0 Å². The van der Waals surface area contributed by atoms with Crippen molar-refractivity contribution < 1.29 is 29.0 Å². The van der Waals surface area contributed by atoms with Gasteiger partial charge in [-0.05, 0) is 12.1 Å². The highest BCUT2D eigenvalue weighted by atomic mass is 35.5. The Morgan fingerprint density at radius 1 is 1.20 bits per heavy atom. The summed E-state index contributed by atoms with van der Waals surface area (Å²) in [6, 6.07) is 2.79. The van der Waals surface area contributed by atoms with E-state index in [9.17, 15) is 18.8 Å². The van der Waals surface area contributed by atoms with Crippen molar-refractivity contribution in [2.75, 3.05) is 18.4 Å². The lowest BCUT2D eigenvalue weighted by Gasteiger charge is -2.19. The number of nitrogens with zero attached hydrogens (tertiary/aromatic N) is 1. The van der Waals surface area contributed by atoms with Gasteiger partial charge in [-0.15, -0.1) is 0 Å². The quantitative estimate of drug-likeness (QED) is 0.764. The number of rotatable bonds is 5. The van der Waals surface area contributed by atoms with Gasteiger partial charge in [-0.25, -0.2) is 9.18 Å². The van der Waals surface area contributed by atoms with Crippen molar-refractivity contribution in [1.82, 2.24) is 4.90 Å². The number of carbonyl (C=O) groups is 3. The van der Waals surface area contributed by atoms with Crippen molar-refractivity contribution in [2.45, 2.75) is 0 Å². The molecule has 0 radical (unpaired) electrons. The van der Waals surface area contributed by atoms with Gasteiger partial charge in [-0.1, -0.05) is 17.7 Å². The van der Waals surface area contributed by atoms with Crippen LogP contribution in [0.1, 0.15) is 0 Å². The van der Waals surface area contributed by atoms with E-state index in [0.29, 0.717) is 4.90 Å². The summed E-state index contributed by atoms with van der Waals surface area (Å²) in [5, 5.41) is 19.0. The van der Waals surface area contributed by atoms with Gasteiger partial charge in [0.05, 0.1) is 10.7 Å². The van der Waals surface area contributed by atoms with Gasteiger partial charge in [0.25, 0.3) is 0 Å². The molecule has 7 nitrogen and oxygen atoms in total. The Balaban J connectivity index is 2.87. The molecule has 2 amide bonds. The third-order valence-electron chi connectivity index (χ3n) is 2.13. The Bertz CT molecular complexity index is 536. The van der Waals surface area contributed by atoms with Gasteiger partial charge in [0, 0.05) is 0 Å². The summed E-state index contributed by atoms with van der Waals surface area (Å²) < 4.78 is 13.6. The summed E-state index contributed by atoms with van der Waals surface area (Å²) in [6.45, 7) is -1.67. The Labute approximate surface area is 117 Å². The molecule has 0 heterocycles. The standard InChI is InChI=1S/C11H10ClFN2O5/c12-6-2-1-3-7(10(6)13)14-11(20)15(4-8(16)17)5-9(18)19/h1-3H,4-5H2,(H,14,20)(H,16,17)(H,18,19). The van der Waals surface area contributed by atoms with Crippen LogP contribution in [0.4, 0.5) is 14.9 Å². The van der Waals surface area contributed by atoms with Gasteiger partial charge in [0.1, 0.15) is 13.1 Å². The van der Waals surface area contributed by atoms with E-state index in [0.717, 1.165) is 0 Å². The van der Waals surface area contributed by atoms with Crippen LogP contribution in [0.15, 0.2) is 18.2 Å². The zero-order valence-corrected chi connectivity index (χ0v) is 10.7. The number of nitrogens with one attached hydrogen (secondary N) is 1. The molecule has 1 aromatic carbocycles. The third-order valence-corrected chi connectivity index (χ3v) is 2.42. The van der Waals surface area contributed by atoms with Gasteiger partial charge in [0.15, 0.2) is 5.82 Å². The van der Waals surface area contributed by atoms with E-state index in [4.69, 9.17) is 21.8 Å². The largest absolute Gasteiger partial charge is 0.480 e. The Morgan fingerprint density at radius 2 is 1.75 bits per heavy atom. The molecule has 0 spiro atoms. The average Bonchev–Trinajstić information content (AvgIpc) is 2.33. The van der Waals surface area contributed by atoms with Crippen LogP contribution in [-0.2, 0) is 9.59 Å². The predicted octanol–water partition coefficient (Wildman–Crippen LogP) is 1.48. The normalized spacial score (nSPS) is 9.90. The first-order valence-corrected chi connectivity index (χ1v) is 5.62. The van der Waals surface area contributed by atoms with Crippen LogP contribution in [-0.4, -0.2) is 46.2 Å². The summed E-state index contributed by atoms with van der Waals surface area (Å²) >= 11 is 5.52. The number of urea groups is 1. The second-order valence-electron chi connectivity index (χ2n) is 3.68. The zero-order chi connectivity index (χ0) is 15.3. The number of benzene rings is 1. The molecule has 1 rings (SSSR count). The highest BCUT2D eigenvalue weighted by Crippen LogP contribution is 2.22. The van der Waals surface area contributed by atoms with Crippen molar-refractivity contribution in [3.05, 3.63) is 29.0 Å². The summed E-state index contributed by atoms with van der Waals surface area (Å²) in [6.07, 6.45) is 0. The molecule has 20 heavy (non-hydrogen) atoms. The molecule has 0 saturated carbocycles. The molecule has 3 N–H and O–H groups in total. The monoisotopic (exact) mass is 304 g/mol. The number of carboxylic acids is 2. The number of aliphatic carboxylic acids is 2. The van der Waals surface area contributed by atoms with E-state index in [2.05, 4.69) is 5.32 Å². The lowest BCUT2D eigenvalue weighted by molar-refractivity contribution is -0.140. The molecule has 9 heteroatoms. The van der Waals surface area contributed by atoms with Crippen LogP contribution in [0.3, 0.4) is 0 Å². The molecule has 0 saturated heterocycles. The smallest absolute Gasteiger partial charge is 0.323 e. The van der Waals surface area contributed by atoms with Crippen LogP contribution in [0, 0.1) is 5.82 Å². The van der Waals surface area contributed by atoms with E-state index < -0.39 is 36.9 Å². The van der Waals surface area contributed by atoms with E-state index in [1.807, 2.05) is 0 Å². The first-order chi connectivity index (χ1) is 9.31. The molecular weight excluding hydrogens is 295 g/mol. The maximum absolute atomic E-state index is 13.6. The molecule has 0 unspecified atom stereocenters. The van der Waals surface area contributed by atoms with Crippen LogP contribution in [0.5, 0.6) is 0 Å². The van der Waals surface area contributed by atoms with Crippen molar-refractivity contribution in [3.8, 4) is 0 Å². The van der Waals surface area contributed by atoms with Crippen LogP contribution in [0.2, 0.25) is 5.02 Å². The molecule has 0 aliphatic heterocycles. The van der Waals surface area contributed by atoms with E-state index >= 15 is 0 Å². The second kappa shape index (κ2) is 6.71. The fourth-order valence-corrected chi connectivity index (χ4v) is 1.50. The van der Waals surface area contributed by atoms with Crippen molar-refractivity contribution in [2.24, 2.45) is 0 Å². The summed E-state index contributed by atoms with van der Waals surface area (Å²) in [7, 11) is 0. The van der Waals surface area contributed by atoms with Crippen LogP contribution >= 0.6 is 11.6 Å². The molecule has 0 aliphatic carbocycles. The fraction of sp³-hybridized carbons (Fsp3) is 0.182. The maximum Gasteiger partial charge on any atom is 0.323 e. The van der Waals surface area contributed by atoms with E-state index in [1.54, 1.807) is 0 Å². The van der Waals surface area contributed by atoms with E-state index in [1.165, 1.54) is 18.2 Å². The first-order valence-electron chi connectivity index (χ1n) is 5.24. The zero-order valence-electron chi connectivity index (χ0n) is 9.97. The molecule has 0 aromatic heterocycles. The number of hydrogen-bond donors (Lipinski definition) is 3. The van der Waals surface area contributed by atoms with Gasteiger partial charge >= 0.3 is 18.0 Å². The highest BCUT2D eigenvalue weighted by molar-refractivity contribution is 6.31. The number of carboxylic acid groups (broad SMARTS) is 2. The minimum absolute atomic E-state index is 0.231. The number of carbonyl (C=O) groups excluding carboxylic acids is 1. The summed E-state index contributed by atoms with van der Waals surface area (Å²) in [5.74, 6) is -3.69. The topological polar surface area (TPSA) is 107 Å². The number of hydrogen-bond acceptors (Lipinski definition) is 3. The minimum atomic E-state index is -1.40.